The number of furan rings is 1. The first-order valence-corrected chi connectivity index (χ1v) is 7.09. The van der Waals surface area contributed by atoms with Crippen LogP contribution in [0.2, 0.25) is 0 Å². The molecule has 2 heterocycles. The van der Waals surface area contributed by atoms with Gasteiger partial charge in [-0.25, -0.2) is 0 Å². The monoisotopic (exact) mass is 306 g/mol. The lowest BCUT2D eigenvalue weighted by molar-refractivity contribution is 0.0948. The van der Waals surface area contributed by atoms with Gasteiger partial charge in [-0.3, -0.25) is 9.48 Å². The van der Waals surface area contributed by atoms with E-state index in [0.29, 0.717) is 23.4 Å². The van der Waals surface area contributed by atoms with Crippen molar-refractivity contribution in [2.75, 3.05) is 6.54 Å². The van der Waals surface area contributed by atoms with E-state index in [4.69, 9.17) is 9.68 Å². The fourth-order valence-electron chi connectivity index (χ4n) is 2.26. The normalized spacial score (nSPS) is 11.6. The molecule has 0 bridgehead atoms. The molecular formula is C17H14N4O2. The molecule has 6 nitrogen and oxygen atoms in total. The first-order valence-electron chi connectivity index (χ1n) is 7.09. The van der Waals surface area contributed by atoms with Gasteiger partial charge in [0, 0.05) is 24.5 Å². The lowest BCUT2D eigenvalue weighted by atomic mass is 10.1. The zero-order valence-corrected chi connectivity index (χ0v) is 12.2. The molecule has 0 aliphatic heterocycles. The number of carbonyl (C=O) groups is 1. The number of amides is 1. The first-order chi connectivity index (χ1) is 11.3. The summed E-state index contributed by atoms with van der Waals surface area (Å²) in [6, 6.07) is 13.8. The van der Waals surface area contributed by atoms with Gasteiger partial charge < -0.3 is 9.73 Å². The van der Waals surface area contributed by atoms with Gasteiger partial charge in [0.05, 0.1) is 17.9 Å². The molecule has 0 spiro atoms. The Balaban J connectivity index is 1.71. The maximum atomic E-state index is 12.2. The van der Waals surface area contributed by atoms with Crippen molar-refractivity contribution < 1.29 is 9.21 Å². The molecule has 1 N–H and O–H groups in total. The molecule has 23 heavy (non-hydrogen) atoms. The summed E-state index contributed by atoms with van der Waals surface area (Å²) in [5.74, 6) is 0.507. The molecule has 2 aromatic heterocycles. The van der Waals surface area contributed by atoms with Crippen molar-refractivity contribution in [3.8, 4) is 6.07 Å². The number of rotatable bonds is 5. The Morgan fingerprint density at radius 2 is 2.13 bits per heavy atom. The Labute approximate surface area is 133 Å². The van der Waals surface area contributed by atoms with Crippen LogP contribution in [0.3, 0.4) is 0 Å². The third kappa shape index (κ3) is 3.30. The van der Waals surface area contributed by atoms with Crippen molar-refractivity contribution in [1.29, 1.82) is 5.26 Å². The second-order valence-electron chi connectivity index (χ2n) is 4.92. The molecule has 1 atom stereocenters. The van der Waals surface area contributed by atoms with E-state index in [0.717, 1.165) is 0 Å². The molecular weight excluding hydrogens is 292 g/mol. The molecule has 0 saturated heterocycles. The summed E-state index contributed by atoms with van der Waals surface area (Å²) in [5.41, 5.74) is 1.02. The standard InChI is InChI=1S/C17H14N4O2/c18-11-13-4-6-14(7-5-13)17(22)19-12-15(16-3-1-10-23-16)21-9-2-8-20-21/h1-10,15H,12H2,(H,19,22). The van der Waals surface area contributed by atoms with Crippen molar-refractivity contribution in [2.45, 2.75) is 6.04 Å². The zero-order chi connectivity index (χ0) is 16.1. The SMILES string of the molecule is N#Cc1ccc(C(=O)NCC(c2ccco2)n2cccn2)cc1. The first kappa shape index (κ1) is 14.6. The third-order valence-electron chi connectivity index (χ3n) is 3.45. The summed E-state index contributed by atoms with van der Waals surface area (Å²) >= 11 is 0. The highest BCUT2D eigenvalue weighted by molar-refractivity contribution is 5.94. The molecule has 6 heteroatoms. The molecule has 1 aromatic carbocycles. The number of carbonyl (C=O) groups excluding carboxylic acids is 1. The molecule has 0 fully saturated rings. The predicted molar refractivity (Wildman–Crippen MR) is 82.6 cm³/mol. The summed E-state index contributed by atoms with van der Waals surface area (Å²) in [6.45, 7) is 0.341. The van der Waals surface area contributed by atoms with E-state index >= 15 is 0 Å². The van der Waals surface area contributed by atoms with Gasteiger partial charge in [0.2, 0.25) is 0 Å². The minimum Gasteiger partial charge on any atom is -0.467 e. The number of nitrogens with one attached hydrogen (secondary N) is 1. The smallest absolute Gasteiger partial charge is 0.251 e. The topological polar surface area (TPSA) is 83.9 Å². The van der Waals surface area contributed by atoms with Gasteiger partial charge in [-0.15, -0.1) is 0 Å². The Bertz CT molecular complexity index is 765. The highest BCUT2D eigenvalue weighted by atomic mass is 16.3. The van der Waals surface area contributed by atoms with E-state index in [1.165, 1.54) is 0 Å². The van der Waals surface area contributed by atoms with Gasteiger partial charge in [-0.2, -0.15) is 10.4 Å². The van der Waals surface area contributed by atoms with Crippen LogP contribution < -0.4 is 5.32 Å². The third-order valence-corrected chi connectivity index (χ3v) is 3.45. The van der Waals surface area contributed by atoms with Crippen LogP contribution in [0.25, 0.3) is 0 Å². The number of hydrogen-bond donors (Lipinski definition) is 1. The highest BCUT2D eigenvalue weighted by Gasteiger charge is 2.18. The Kier molecular flexibility index (Phi) is 4.20. The van der Waals surface area contributed by atoms with E-state index in [2.05, 4.69) is 10.4 Å². The van der Waals surface area contributed by atoms with Gasteiger partial charge in [-0.05, 0) is 42.5 Å². The maximum absolute atomic E-state index is 12.2. The van der Waals surface area contributed by atoms with E-state index in [1.807, 2.05) is 24.4 Å². The Hall–Kier alpha value is -3.33. The molecule has 0 aliphatic carbocycles. The van der Waals surface area contributed by atoms with Crippen LogP contribution in [-0.2, 0) is 0 Å². The van der Waals surface area contributed by atoms with Crippen molar-refractivity contribution in [3.05, 3.63) is 78.0 Å². The highest BCUT2D eigenvalue weighted by Crippen LogP contribution is 2.17. The number of benzene rings is 1. The quantitative estimate of drug-likeness (QED) is 0.784. The van der Waals surface area contributed by atoms with Crippen LogP contribution in [0.4, 0.5) is 0 Å². The van der Waals surface area contributed by atoms with Crippen molar-refractivity contribution in [1.82, 2.24) is 15.1 Å². The molecule has 3 aromatic rings. The average Bonchev–Trinajstić information content (AvgIpc) is 3.29. The molecule has 114 valence electrons. The Morgan fingerprint density at radius 3 is 2.74 bits per heavy atom. The minimum atomic E-state index is -0.220. The van der Waals surface area contributed by atoms with E-state index in [9.17, 15) is 4.79 Å². The predicted octanol–water partition coefficient (Wildman–Crippen LogP) is 2.37. The lowest BCUT2D eigenvalue weighted by Crippen LogP contribution is -2.31. The van der Waals surface area contributed by atoms with E-state index in [-0.39, 0.29) is 11.9 Å². The summed E-state index contributed by atoms with van der Waals surface area (Å²) in [5, 5.41) is 15.9. The van der Waals surface area contributed by atoms with Crippen LogP contribution in [0.5, 0.6) is 0 Å². The summed E-state index contributed by atoms with van der Waals surface area (Å²) in [6.07, 6.45) is 5.09. The van der Waals surface area contributed by atoms with Crippen LogP contribution in [-0.4, -0.2) is 22.2 Å². The molecule has 0 radical (unpaired) electrons. The fraction of sp³-hybridized carbons (Fsp3) is 0.118. The van der Waals surface area contributed by atoms with Crippen molar-refractivity contribution in [3.63, 3.8) is 0 Å². The van der Waals surface area contributed by atoms with E-state index in [1.54, 1.807) is 47.5 Å². The second kappa shape index (κ2) is 6.62. The van der Waals surface area contributed by atoms with Crippen LogP contribution >= 0.6 is 0 Å². The van der Waals surface area contributed by atoms with Gasteiger partial charge in [0.15, 0.2) is 0 Å². The van der Waals surface area contributed by atoms with Gasteiger partial charge in [0.25, 0.3) is 5.91 Å². The van der Waals surface area contributed by atoms with Crippen LogP contribution in [0.15, 0.2) is 65.5 Å². The van der Waals surface area contributed by atoms with Gasteiger partial charge in [-0.1, -0.05) is 0 Å². The fourth-order valence-corrected chi connectivity index (χ4v) is 2.26. The minimum absolute atomic E-state index is 0.210. The van der Waals surface area contributed by atoms with Crippen LogP contribution in [0.1, 0.15) is 27.7 Å². The summed E-state index contributed by atoms with van der Waals surface area (Å²) in [4.78, 5) is 12.2. The number of hydrogen-bond acceptors (Lipinski definition) is 4. The van der Waals surface area contributed by atoms with Gasteiger partial charge in [0.1, 0.15) is 11.8 Å². The molecule has 1 unspecified atom stereocenters. The Morgan fingerprint density at radius 1 is 1.30 bits per heavy atom. The van der Waals surface area contributed by atoms with E-state index < -0.39 is 0 Å². The number of aromatic nitrogens is 2. The largest absolute Gasteiger partial charge is 0.467 e. The molecule has 1 amide bonds. The second-order valence-corrected chi connectivity index (χ2v) is 4.92. The van der Waals surface area contributed by atoms with Crippen LogP contribution in [0, 0.1) is 11.3 Å². The summed E-state index contributed by atoms with van der Waals surface area (Å²) in [7, 11) is 0. The molecule has 0 aliphatic rings. The molecule has 0 saturated carbocycles. The number of nitrogens with zero attached hydrogens (tertiary/aromatic N) is 3. The van der Waals surface area contributed by atoms with Crippen molar-refractivity contribution >= 4 is 5.91 Å². The average molecular weight is 306 g/mol. The number of nitriles is 1. The maximum Gasteiger partial charge on any atom is 0.251 e. The summed E-state index contributed by atoms with van der Waals surface area (Å²) < 4.78 is 7.17. The zero-order valence-electron chi connectivity index (χ0n) is 12.2. The molecule has 3 rings (SSSR count). The van der Waals surface area contributed by atoms with Gasteiger partial charge >= 0.3 is 0 Å². The lowest BCUT2D eigenvalue weighted by Gasteiger charge is -2.16. The van der Waals surface area contributed by atoms with Crippen molar-refractivity contribution in [2.24, 2.45) is 0 Å².